The molecule has 4 aromatic carbocycles. The first kappa shape index (κ1) is 79.8. The van der Waals surface area contributed by atoms with Gasteiger partial charge in [0.2, 0.25) is 8.32 Å². The normalized spacial score (nSPS) is 20.6. The van der Waals surface area contributed by atoms with Crippen molar-refractivity contribution in [2.24, 2.45) is 29.6 Å². The highest BCUT2D eigenvalue weighted by Gasteiger charge is 2.54. The minimum atomic E-state index is -2.92. The molecule has 2 fully saturated rings. The number of aldehydes is 1. The van der Waals surface area contributed by atoms with Crippen LogP contribution in [0, 0.1) is 29.6 Å². The monoisotopic (exact) mass is 1360 g/mol. The van der Waals surface area contributed by atoms with Gasteiger partial charge in [-0.1, -0.05) is 181 Å². The number of piperidine rings is 1. The summed E-state index contributed by atoms with van der Waals surface area (Å²) in [7, 11) is 1.29. The summed E-state index contributed by atoms with van der Waals surface area (Å²) >= 11 is 0. The zero-order chi connectivity index (χ0) is 70.7. The average molecular weight is 1360 g/mol. The molecule has 534 valence electrons. The highest BCUT2D eigenvalue weighted by molar-refractivity contribution is 6.99. The third kappa shape index (κ3) is 21.0. The summed E-state index contributed by atoms with van der Waals surface area (Å²) in [5.41, 5.74) is 2.88. The van der Waals surface area contributed by atoms with Crippen molar-refractivity contribution < 1.29 is 61.1 Å². The Morgan fingerprint density at radius 3 is 1.65 bits per heavy atom. The SMILES string of the molecule is COc1ccc(CO[C@@H]([C@H](OC)[C@H](O[Si](C(C)C)(C(C)C)C(C)C)/C(C)=C/[C@@H](C)[C@H](C[C@H](OC(=O)[C@@H]2CCCCN2C(=O)OC(C)(C)C)[C@H](C)C[C@@H]2CC[C@@H](O[Si](c3ccccc3)(c3ccccc3)C(C)(C)C)[C@H](OC)C2)OCc2ccc(OC)cc2)[C@H](C)C[C@H](C)C=O)cc1. The second-order valence-corrected chi connectivity index (χ2v) is 40.5. The first-order chi connectivity index (χ1) is 45.5. The molecule has 14 nitrogen and oxygen atoms in total. The van der Waals surface area contributed by atoms with Gasteiger partial charge in [-0.15, -0.1) is 0 Å². The summed E-state index contributed by atoms with van der Waals surface area (Å²) in [5, 5.41) is 2.26. The number of amides is 1. The van der Waals surface area contributed by atoms with Crippen molar-refractivity contribution in [2.75, 3.05) is 35.0 Å². The van der Waals surface area contributed by atoms with E-state index in [4.69, 9.17) is 46.7 Å². The van der Waals surface area contributed by atoms with E-state index in [1.165, 1.54) is 10.4 Å². The van der Waals surface area contributed by atoms with E-state index >= 15 is 4.79 Å². The maximum atomic E-state index is 15.3. The van der Waals surface area contributed by atoms with Crippen molar-refractivity contribution >= 4 is 45.4 Å². The molecule has 0 unspecified atom stereocenters. The van der Waals surface area contributed by atoms with E-state index in [2.05, 4.69) is 157 Å². The quantitative estimate of drug-likeness (QED) is 0.0186. The van der Waals surface area contributed by atoms with Crippen molar-refractivity contribution in [3.63, 3.8) is 0 Å². The van der Waals surface area contributed by atoms with Crippen LogP contribution in [0.15, 0.2) is 121 Å². The van der Waals surface area contributed by atoms with Gasteiger partial charge in [0, 0.05) is 39.0 Å². The second kappa shape index (κ2) is 36.8. The zero-order valence-electron chi connectivity index (χ0n) is 62.5. The van der Waals surface area contributed by atoms with Crippen molar-refractivity contribution in [3.05, 3.63) is 132 Å². The zero-order valence-corrected chi connectivity index (χ0v) is 64.5. The molecule has 6 rings (SSSR count). The fraction of sp³-hybridized carbons (Fsp3) is 0.637. The van der Waals surface area contributed by atoms with Crippen LogP contribution in [0.1, 0.15) is 187 Å². The summed E-state index contributed by atoms with van der Waals surface area (Å²) in [5.74, 6) is 0.516. The third-order valence-electron chi connectivity index (χ3n) is 20.6. The van der Waals surface area contributed by atoms with E-state index in [1.54, 1.807) is 26.2 Å². The van der Waals surface area contributed by atoms with Gasteiger partial charge in [0.25, 0.3) is 8.32 Å². The fourth-order valence-corrected chi connectivity index (χ4v) is 26.0. The number of benzene rings is 4. The Bertz CT molecular complexity index is 2920. The molecule has 0 bridgehead atoms. The van der Waals surface area contributed by atoms with Gasteiger partial charge < -0.3 is 51.5 Å². The summed E-state index contributed by atoms with van der Waals surface area (Å²) in [6.07, 6.45) is 5.78. The number of carbonyl (C=O) groups excluding carboxylic acids is 3. The van der Waals surface area contributed by atoms with Crippen LogP contribution in [0.25, 0.3) is 0 Å². The van der Waals surface area contributed by atoms with Gasteiger partial charge in [-0.3, -0.25) is 4.90 Å². The molecule has 1 aliphatic carbocycles. The van der Waals surface area contributed by atoms with E-state index < -0.39 is 70.9 Å². The molecule has 96 heavy (non-hydrogen) atoms. The third-order valence-corrected chi connectivity index (χ3v) is 31.8. The molecule has 1 saturated carbocycles. The second-order valence-electron chi connectivity index (χ2n) is 30.9. The highest BCUT2D eigenvalue weighted by atomic mass is 28.4. The number of nitrogens with zero attached hydrogens (tertiary/aromatic N) is 1. The topological polar surface area (TPSA) is 147 Å². The Morgan fingerprint density at radius 2 is 1.17 bits per heavy atom. The molecular formula is C80H123NO13Si2. The van der Waals surface area contributed by atoms with E-state index in [0.29, 0.717) is 32.4 Å². The Balaban J connectivity index is 1.45. The molecule has 0 spiro atoms. The Labute approximate surface area is 581 Å². The van der Waals surface area contributed by atoms with Crippen LogP contribution in [0.5, 0.6) is 11.5 Å². The molecule has 13 atom stereocenters. The lowest BCUT2D eigenvalue weighted by molar-refractivity contribution is -0.162. The number of ether oxygens (including phenoxy) is 8. The van der Waals surface area contributed by atoms with Crippen molar-refractivity contribution in [1.29, 1.82) is 0 Å². The Kier molecular flexibility index (Phi) is 30.6. The highest BCUT2D eigenvalue weighted by Crippen LogP contribution is 2.46. The largest absolute Gasteiger partial charge is 0.497 e. The number of rotatable bonds is 35. The van der Waals surface area contributed by atoms with Gasteiger partial charge in [0.15, 0.2) is 0 Å². The standard InChI is InChI=1S/C80H123NO13Si2/c1-54(2)95(55(3)4,56(5)6)94-75(76(88-21)74(60(10)46-57(7)51-82)90-53-63-37-42-66(86-19)43-38-63)61(11)47-58(8)71(89-52-62-35-40-65(85-18)41-36-62)50-72(91-77(83)69-34-28-29-45-81(69)78(84)92-79(12,13)14)59(9)48-64-39-44-70(73(49-64)87-20)93-96(80(15,16)17,67-30-24-22-25-31-67)68-32-26-23-27-33-68/h22-27,30-33,35-38,40-43,47,51,54-60,64,69-76H,28-29,34,39,44-46,48-50,52-53H2,1-21H3/b61-47+/t57-,58+,59+,60+,64-,69-,70+,71-,72-,73+,74+,75+,76-/m0/s1. The first-order valence-electron chi connectivity index (χ1n) is 35.8. The van der Waals surface area contributed by atoms with Crippen LogP contribution in [0.2, 0.25) is 21.7 Å². The Hall–Kier alpha value is -5.18. The van der Waals surface area contributed by atoms with E-state index in [1.807, 2.05) is 83.3 Å². The minimum Gasteiger partial charge on any atom is -0.497 e. The van der Waals surface area contributed by atoms with Crippen LogP contribution >= 0.6 is 0 Å². The van der Waals surface area contributed by atoms with E-state index in [-0.39, 0.29) is 70.1 Å². The number of carbonyl (C=O) groups is 3. The van der Waals surface area contributed by atoms with Crippen LogP contribution in [-0.4, -0.2) is 129 Å². The molecule has 4 aromatic rings. The van der Waals surface area contributed by atoms with Gasteiger partial charge in [-0.05, 0) is 170 Å². The van der Waals surface area contributed by atoms with Gasteiger partial charge in [-0.2, -0.15) is 0 Å². The van der Waals surface area contributed by atoms with Gasteiger partial charge in [0.05, 0.1) is 58.0 Å². The predicted octanol–water partition coefficient (Wildman–Crippen LogP) is 17.1. The van der Waals surface area contributed by atoms with Crippen molar-refractivity contribution in [3.8, 4) is 11.5 Å². The lowest BCUT2D eigenvalue weighted by Crippen LogP contribution is -2.68. The molecule has 1 heterocycles. The number of likely N-dealkylation sites (tertiary alicyclic amines) is 1. The van der Waals surface area contributed by atoms with Gasteiger partial charge in [-0.25, -0.2) is 9.59 Å². The molecule has 1 aliphatic heterocycles. The van der Waals surface area contributed by atoms with Crippen molar-refractivity contribution in [2.45, 2.75) is 265 Å². The van der Waals surface area contributed by atoms with E-state index in [0.717, 1.165) is 73.0 Å². The smallest absolute Gasteiger partial charge is 0.411 e. The molecule has 1 amide bonds. The fourth-order valence-electron chi connectivity index (χ4n) is 15.7. The molecule has 2 aliphatic rings. The minimum absolute atomic E-state index is 0.116. The number of hydrogen-bond acceptors (Lipinski definition) is 13. The lowest BCUT2D eigenvalue weighted by Gasteiger charge is -2.48. The number of esters is 1. The Morgan fingerprint density at radius 1 is 0.625 bits per heavy atom. The summed E-state index contributed by atoms with van der Waals surface area (Å²) in [4.78, 5) is 43.3. The molecule has 0 aromatic heterocycles. The summed E-state index contributed by atoms with van der Waals surface area (Å²) in [6, 6.07) is 36.7. The van der Waals surface area contributed by atoms with Crippen molar-refractivity contribution in [1.82, 2.24) is 4.90 Å². The first-order valence-corrected chi connectivity index (χ1v) is 39.9. The maximum Gasteiger partial charge on any atom is 0.411 e. The molecule has 1 saturated heterocycles. The molecule has 0 N–H and O–H groups in total. The number of hydrogen-bond donors (Lipinski definition) is 0. The predicted molar refractivity (Wildman–Crippen MR) is 391 cm³/mol. The van der Waals surface area contributed by atoms with Crippen LogP contribution in [0.4, 0.5) is 4.79 Å². The van der Waals surface area contributed by atoms with Gasteiger partial charge in [0.1, 0.15) is 41.6 Å². The van der Waals surface area contributed by atoms with Gasteiger partial charge >= 0.3 is 12.1 Å². The van der Waals surface area contributed by atoms with Crippen LogP contribution in [0.3, 0.4) is 0 Å². The molecular weight excluding hydrogens is 1240 g/mol. The summed E-state index contributed by atoms with van der Waals surface area (Å²) in [6.45, 7) is 38.0. The molecule has 0 radical (unpaired) electrons. The maximum absolute atomic E-state index is 15.3. The average Bonchev–Trinajstić information content (AvgIpc) is 0.731. The molecule has 16 heteroatoms. The van der Waals surface area contributed by atoms with Crippen LogP contribution in [-0.2, 0) is 60.1 Å². The number of methoxy groups -OCH3 is 4. The summed E-state index contributed by atoms with van der Waals surface area (Å²) < 4.78 is 67.6. The lowest BCUT2D eigenvalue weighted by atomic mass is 9.78. The van der Waals surface area contributed by atoms with E-state index in [9.17, 15) is 9.59 Å². The van der Waals surface area contributed by atoms with Crippen LogP contribution < -0.4 is 19.8 Å².